The zero-order valence-corrected chi connectivity index (χ0v) is 13.5. The van der Waals surface area contributed by atoms with Crippen LogP contribution < -0.4 is 5.73 Å². The van der Waals surface area contributed by atoms with Crippen molar-refractivity contribution in [3.8, 4) is 0 Å². The zero-order valence-electron chi connectivity index (χ0n) is 13.5. The molecule has 0 radical (unpaired) electrons. The molecule has 6 heteroatoms. The normalized spacial score (nSPS) is 18.3. The Morgan fingerprint density at radius 2 is 2.09 bits per heavy atom. The van der Waals surface area contributed by atoms with Crippen molar-refractivity contribution in [3.63, 3.8) is 0 Å². The fourth-order valence-electron chi connectivity index (χ4n) is 3.32. The Labute approximate surface area is 135 Å². The maximum atomic E-state index is 11.9. The number of rotatable bonds is 5. The summed E-state index contributed by atoms with van der Waals surface area (Å²) in [6.45, 7) is 3.92. The third-order valence-corrected chi connectivity index (χ3v) is 4.66. The number of benzene rings is 1. The van der Waals surface area contributed by atoms with Crippen molar-refractivity contribution in [2.45, 2.75) is 12.5 Å². The van der Waals surface area contributed by atoms with E-state index in [1.807, 2.05) is 24.4 Å². The SMILES string of the molecule is CN1CCN(C(C(=O)O)c2ccc3[nH]cc(CCN)c3c2)CC1. The van der Waals surface area contributed by atoms with Crippen molar-refractivity contribution in [1.82, 2.24) is 14.8 Å². The van der Waals surface area contributed by atoms with Gasteiger partial charge in [0.2, 0.25) is 0 Å². The number of piperazine rings is 1. The molecule has 2 aromatic rings. The topological polar surface area (TPSA) is 85.6 Å². The maximum Gasteiger partial charge on any atom is 0.325 e. The van der Waals surface area contributed by atoms with Crippen LogP contribution >= 0.6 is 0 Å². The van der Waals surface area contributed by atoms with E-state index in [0.29, 0.717) is 6.54 Å². The molecule has 1 aliphatic heterocycles. The Hall–Kier alpha value is -1.89. The highest BCUT2D eigenvalue weighted by atomic mass is 16.4. The molecule has 4 N–H and O–H groups in total. The van der Waals surface area contributed by atoms with Gasteiger partial charge in [-0.25, -0.2) is 0 Å². The van der Waals surface area contributed by atoms with E-state index in [4.69, 9.17) is 5.73 Å². The van der Waals surface area contributed by atoms with Crippen LogP contribution in [-0.2, 0) is 11.2 Å². The number of aromatic amines is 1. The summed E-state index contributed by atoms with van der Waals surface area (Å²) >= 11 is 0. The van der Waals surface area contributed by atoms with E-state index < -0.39 is 12.0 Å². The molecule has 0 saturated carbocycles. The number of carboxylic acids is 1. The predicted molar refractivity (Wildman–Crippen MR) is 90.5 cm³/mol. The van der Waals surface area contributed by atoms with E-state index in [9.17, 15) is 9.90 Å². The third-order valence-electron chi connectivity index (χ3n) is 4.66. The molecule has 0 bridgehead atoms. The van der Waals surface area contributed by atoms with Crippen molar-refractivity contribution >= 4 is 16.9 Å². The smallest absolute Gasteiger partial charge is 0.325 e. The average molecular weight is 316 g/mol. The van der Waals surface area contributed by atoms with Gasteiger partial charge < -0.3 is 20.7 Å². The number of aromatic nitrogens is 1. The van der Waals surface area contributed by atoms with Crippen molar-refractivity contribution in [2.24, 2.45) is 5.73 Å². The highest BCUT2D eigenvalue weighted by molar-refractivity contribution is 5.86. The number of carbonyl (C=O) groups is 1. The molecule has 1 fully saturated rings. The largest absolute Gasteiger partial charge is 0.480 e. The van der Waals surface area contributed by atoms with E-state index in [1.165, 1.54) is 0 Å². The van der Waals surface area contributed by atoms with E-state index in [2.05, 4.69) is 21.8 Å². The molecule has 6 nitrogen and oxygen atoms in total. The van der Waals surface area contributed by atoms with Crippen LogP contribution in [0.25, 0.3) is 10.9 Å². The van der Waals surface area contributed by atoms with Gasteiger partial charge in [0.1, 0.15) is 6.04 Å². The van der Waals surface area contributed by atoms with Crippen molar-refractivity contribution in [1.29, 1.82) is 0 Å². The number of nitrogens with one attached hydrogen (secondary N) is 1. The fourth-order valence-corrected chi connectivity index (χ4v) is 3.32. The molecule has 0 aliphatic carbocycles. The lowest BCUT2D eigenvalue weighted by Gasteiger charge is -2.36. The van der Waals surface area contributed by atoms with Gasteiger partial charge in [-0.1, -0.05) is 6.07 Å². The minimum absolute atomic E-state index is 0.581. The summed E-state index contributed by atoms with van der Waals surface area (Å²) in [4.78, 5) is 19.4. The predicted octanol–water partition coefficient (Wildman–Crippen LogP) is 1.04. The van der Waals surface area contributed by atoms with Gasteiger partial charge in [-0.15, -0.1) is 0 Å². The molecule has 2 heterocycles. The molecule has 1 saturated heterocycles. The van der Waals surface area contributed by atoms with Gasteiger partial charge in [0, 0.05) is 43.3 Å². The Kier molecular flexibility index (Phi) is 4.66. The van der Waals surface area contributed by atoms with Gasteiger partial charge in [-0.2, -0.15) is 0 Å². The standard InChI is InChI=1S/C17H24N4O2/c1-20-6-8-21(9-7-20)16(17(22)23)12-2-3-15-14(10-12)13(4-5-18)11-19-15/h2-3,10-11,16,19H,4-9,18H2,1H3,(H,22,23). The summed E-state index contributed by atoms with van der Waals surface area (Å²) in [7, 11) is 2.07. The highest BCUT2D eigenvalue weighted by Crippen LogP contribution is 2.27. The van der Waals surface area contributed by atoms with E-state index in [1.54, 1.807) is 0 Å². The number of nitrogens with zero attached hydrogens (tertiary/aromatic N) is 2. The highest BCUT2D eigenvalue weighted by Gasteiger charge is 2.29. The second-order valence-corrected chi connectivity index (χ2v) is 6.24. The van der Waals surface area contributed by atoms with Crippen LogP contribution in [0.2, 0.25) is 0 Å². The minimum atomic E-state index is -0.787. The molecule has 1 atom stereocenters. The minimum Gasteiger partial charge on any atom is -0.480 e. The Bertz CT molecular complexity index is 689. The summed E-state index contributed by atoms with van der Waals surface area (Å²) in [6.07, 6.45) is 2.75. The first-order chi connectivity index (χ1) is 11.1. The number of carboxylic acid groups (broad SMARTS) is 1. The zero-order chi connectivity index (χ0) is 16.4. The van der Waals surface area contributed by atoms with E-state index in [0.717, 1.165) is 54.6 Å². The molecule has 1 aromatic heterocycles. The number of hydrogen-bond acceptors (Lipinski definition) is 4. The summed E-state index contributed by atoms with van der Waals surface area (Å²) in [5.41, 5.74) is 8.68. The van der Waals surface area contributed by atoms with Gasteiger partial charge >= 0.3 is 5.97 Å². The first kappa shape index (κ1) is 16.0. The molecular formula is C17H24N4O2. The Balaban J connectivity index is 1.94. The van der Waals surface area contributed by atoms with Crippen LogP contribution in [0.15, 0.2) is 24.4 Å². The van der Waals surface area contributed by atoms with Gasteiger partial charge in [0.25, 0.3) is 0 Å². The van der Waals surface area contributed by atoms with Crippen molar-refractivity contribution in [2.75, 3.05) is 39.8 Å². The molecule has 0 amide bonds. The monoisotopic (exact) mass is 316 g/mol. The number of nitrogens with two attached hydrogens (primary N) is 1. The molecule has 23 heavy (non-hydrogen) atoms. The van der Waals surface area contributed by atoms with Crippen LogP contribution in [0.5, 0.6) is 0 Å². The van der Waals surface area contributed by atoms with Crippen molar-refractivity contribution in [3.05, 3.63) is 35.5 Å². The summed E-state index contributed by atoms with van der Waals surface area (Å²) in [5, 5.41) is 10.8. The second kappa shape index (κ2) is 6.70. The quantitative estimate of drug-likeness (QED) is 0.767. The van der Waals surface area contributed by atoms with E-state index in [-0.39, 0.29) is 0 Å². The molecule has 0 spiro atoms. The first-order valence-corrected chi connectivity index (χ1v) is 8.05. The number of fused-ring (bicyclic) bond motifs is 1. The lowest BCUT2D eigenvalue weighted by atomic mass is 10.0. The number of hydrogen-bond donors (Lipinski definition) is 3. The summed E-state index contributed by atoms with van der Waals surface area (Å²) in [5.74, 6) is -0.787. The van der Waals surface area contributed by atoms with Gasteiger partial charge in [0.15, 0.2) is 0 Å². The Morgan fingerprint density at radius 3 is 2.74 bits per heavy atom. The lowest BCUT2D eigenvalue weighted by Crippen LogP contribution is -2.47. The molecule has 1 aliphatic rings. The molecule has 3 rings (SSSR count). The average Bonchev–Trinajstić information content (AvgIpc) is 2.92. The van der Waals surface area contributed by atoms with Crippen LogP contribution in [0.1, 0.15) is 17.2 Å². The van der Waals surface area contributed by atoms with E-state index >= 15 is 0 Å². The van der Waals surface area contributed by atoms with Crippen LogP contribution in [-0.4, -0.2) is 65.6 Å². The van der Waals surface area contributed by atoms with Gasteiger partial charge in [0.05, 0.1) is 0 Å². The molecule has 1 unspecified atom stereocenters. The molecular weight excluding hydrogens is 292 g/mol. The molecule has 1 aromatic carbocycles. The fraction of sp³-hybridized carbons (Fsp3) is 0.471. The number of likely N-dealkylation sites (N-methyl/N-ethyl adjacent to an activating group) is 1. The summed E-state index contributed by atoms with van der Waals surface area (Å²) < 4.78 is 0. The van der Waals surface area contributed by atoms with Crippen LogP contribution in [0.4, 0.5) is 0 Å². The maximum absolute atomic E-state index is 11.9. The van der Waals surface area contributed by atoms with Crippen LogP contribution in [0, 0.1) is 0 Å². The number of H-pyrrole nitrogens is 1. The second-order valence-electron chi connectivity index (χ2n) is 6.24. The lowest BCUT2D eigenvalue weighted by molar-refractivity contribution is -0.144. The Morgan fingerprint density at radius 1 is 1.35 bits per heavy atom. The van der Waals surface area contributed by atoms with Gasteiger partial charge in [-0.3, -0.25) is 9.69 Å². The third kappa shape index (κ3) is 3.24. The van der Waals surface area contributed by atoms with Crippen LogP contribution in [0.3, 0.4) is 0 Å². The first-order valence-electron chi connectivity index (χ1n) is 8.05. The summed E-state index contributed by atoms with van der Waals surface area (Å²) in [6, 6.07) is 5.31. The van der Waals surface area contributed by atoms with Crippen molar-refractivity contribution < 1.29 is 9.90 Å². The number of aliphatic carboxylic acids is 1. The molecule has 124 valence electrons. The van der Waals surface area contributed by atoms with Gasteiger partial charge in [-0.05, 0) is 43.3 Å².